The third-order valence-electron chi connectivity index (χ3n) is 2.68. The molecule has 0 saturated heterocycles. The van der Waals surface area contributed by atoms with Gasteiger partial charge in [0.15, 0.2) is 0 Å². The Morgan fingerprint density at radius 3 is 2.38 bits per heavy atom. The van der Waals surface area contributed by atoms with Crippen molar-refractivity contribution in [3.8, 4) is 0 Å². The van der Waals surface area contributed by atoms with Crippen molar-refractivity contribution in [1.82, 2.24) is 0 Å². The molecule has 2 rings (SSSR count). The molecule has 0 aromatic heterocycles. The zero-order valence-corrected chi connectivity index (χ0v) is 4.80. The molecular formula is C6H11NO. The van der Waals surface area contributed by atoms with Gasteiger partial charge in [0.2, 0.25) is 0 Å². The van der Waals surface area contributed by atoms with Crippen molar-refractivity contribution in [2.24, 2.45) is 17.1 Å². The van der Waals surface area contributed by atoms with Crippen LogP contribution < -0.4 is 5.73 Å². The molecule has 0 aromatic carbocycles. The molecule has 0 bridgehead atoms. The highest BCUT2D eigenvalue weighted by Crippen LogP contribution is 2.69. The highest BCUT2D eigenvalue weighted by Gasteiger charge is 2.68. The number of rotatable bonds is 1. The summed E-state index contributed by atoms with van der Waals surface area (Å²) in [5, 5.41) is 8.64. The van der Waals surface area contributed by atoms with E-state index < -0.39 is 0 Å². The Morgan fingerprint density at radius 2 is 2.25 bits per heavy atom. The molecular weight excluding hydrogens is 102 g/mol. The van der Waals surface area contributed by atoms with Crippen LogP contribution in [0.15, 0.2) is 0 Å². The third kappa shape index (κ3) is 0.361. The predicted octanol–water partition coefficient (Wildman–Crippen LogP) is -0.284. The van der Waals surface area contributed by atoms with Crippen LogP contribution in [0.25, 0.3) is 0 Å². The van der Waals surface area contributed by atoms with Crippen molar-refractivity contribution < 1.29 is 5.11 Å². The van der Waals surface area contributed by atoms with Gasteiger partial charge in [-0.15, -0.1) is 0 Å². The summed E-state index contributed by atoms with van der Waals surface area (Å²) in [7, 11) is 0. The topological polar surface area (TPSA) is 46.2 Å². The van der Waals surface area contributed by atoms with Crippen LogP contribution in [0.1, 0.15) is 12.8 Å². The average molecular weight is 113 g/mol. The Kier molecular flexibility index (Phi) is 0.649. The van der Waals surface area contributed by atoms with Crippen molar-refractivity contribution >= 4 is 0 Å². The summed E-state index contributed by atoms with van der Waals surface area (Å²) in [6.45, 7) is 0.355. The lowest BCUT2D eigenvalue weighted by Crippen LogP contribution is -2.04. The zero-order valence-electron chi connectivity index (χ0n) is 4.80. The first-order chi connectivity index (χ1) is 3.79. The highest BCUT2D eigenvalue weighted by molar-refractivity contribution is 5.21. The standard InChI is InChI=1S/C6H11NO/c7-5-2-6(5)1-4(6)3-8/h4-5,8H,1-3,7H2/t4-,5+,6+/m0/s1. The van der Waals surface area contributed by atoms with Crippen LogP contribution >= 0.6 is 0 Å². The Morgan fingerprint density at radius 1 is 1.62 bits per heavy atom. The van der Waals surface area contributed by atoms with Gasteiger partial charge < -0.3 is 10.8 Å². The summed E-state index contributed by atoms with van der Waals surface area (Å²) in [6.07, 6.45) is 2.35. The lowest BCUT2D eigenvalue weighted by Gasteiger charge is -1.85. The molecule has 2 fully saturated rings. The number of nitrogens with two attached hydrogens (primary N) is 1. The first-order valence-electron chi connectivity index (χ1n) is 3.16. The van der Waals surface area contributed by atoms with E-state index in [4.69, 9.17) is 10.8 Å². The predicted molar refractivity (Wildman–Crippen MR) is 30.2 cm³/mol. The van der Waals surface area contributed by atoms with E-state index in [9.17, 15) is 0 Å². The van der Waals surface area contributed by atoms with Crippen LogP contribution in [-0.2, 0) is 0 Å². The minimum absolute atomic E-state index is 0.355. The molecule has 3 atom stereocenters. The summed E-state index contributed by atoms with van der Waals surface area (Å²) < 4.78 is 0. The molecule has 2 nitrogen and oxygen atoms in total. The van der Waals surface area contributed by atoms with E-state index in [1.54, 1.807) is 0 Å². The van der Waals surface area contributed by atoms with Crippen molar-refractivity contribution in [2.45, 2.75) is 18.9 Å². The number of hydrogen-bond donors (Lipinski definition) is 2. The maximum atomic E-state index is 8.64. The molecule has 1 spiro atoms. The summed E-state index contributed by atoms with van der Waals surface area (Å²) in [6, 6.07) is 0.430. The minimum Gasteiger partial charge on any atom is -0.396 e. The van der Waals surface area contributed by atoms with Crippen LogP contribution in [0.2, 0.25) is 0 Å². The van der Waals surface area contributed by atoms with Gasteiger partial charge in [-0.1, -0.05) is 0 Å². The third-order valence-corrected chi connectivity index (χ3v) is 2.68. The summed E-state index contributed by atoms with van der Waals surface area (Å²) in [5.74, 6) is 0.567. The number of aliphatic hydroxyl groups excluding tert-OH is 1. The van der Waals surface area contributed by atoms with E-state index in [1.807, 2.05) is 0 Å². The van der Waals surface area contributed by atoms with Crippen molar-refractivity contribution in [3.63, 3.8) is 0 Å². The van der Waals surface area contributed by atoms with Gasteiger partial charge in [0.25, 0.3) is 0 Å². The Labute approximate surface area is 48.7 Å². The van der Waals surface area contributed by atoms with Crippen LogP contribution in [-0.4, -0.2) is 17.8 Å². The second kappa shape index (κ2) is 1.09. The molecule has 0 amide bonds. The Hall–Kier alpha value is -0.0800. The molecule has 0 aliphatic heterocycles. The van der Waals surface area contributed by atoms with E-state index in [-0.39, 0.29) is 0 Å². The monoisotopic (exact) mass is 113 g/mol. The molecule has 8 heavy (non-hydrogen) atoms. The van der Waals surface area contributed by atoms with Crippen LogP contribution in [0.4, 0.5) is 0 Å². The molecule has 2 saturated carbocycles. The van der Waals surface area contributed by atoms with Gasteiger partial charge >= 0.3 is 0 Å². The first-order valence-corrected chi connectivity index (χ1v) is 3.16. The summed E-state index contributed by atoms with van der Waals surface area (Å²) in [4.78, 5) is 0. The van der Waals surface area contributed by atoms with E-state index >= 15 is 0 Å². The average Bonchev–Trinajstić information content (AvgIpc) is 2.55. The van der Waals surface area contributed by atoms with E-state index in [0.717, 1.165) is 6.42 Å². The largest absolute Gasteiger partial charge is 0.396 e. The molecule has 0 radical (unpaired) electrons. The number of hydrogen-bond acceptors (Lipinski definition) is 2. The molecule has 0 heterocycles. The van der Waals surface area contributed by atoms with Crippen LogP contribution in [0.5, 0.6) is 0 Å². The first kappa shape index (κ1) is 4.77. The van der Waals surface area contributed by atoms with Gasteiger partial charge in [-0.05, 0) is 24.2 Å². The lowest BCUT2D eigenvalue weighted by atomic mass is 10.3. The Balaban J connectivity index is 1.97. The van der Waals surface area contributed by atoms with Gasteiger partial charge in [0.1, 0.15) is 0 Å². The molecule has 0 aromatic rings. The molecule has 46 valence electrons. The molecule has 2 heteroatoms. The van der Waals surface area contributed by atoms with Crippen molar-refractivity contribution in [1.29, 1.82) is 0 Å². The zero-order chi connectivity index (χ0) is 5.78. The van der Waals surface area contributed by atoms with E-state index in [0.29, 0.717) is 24.0 Å². The van der Waals surface area contributed by atoms with Gasteiger partial charge in [-0.2, -0.15) is 0 Å². The normalized spacial score (nSPS) is 59.2. The smallest absolute Gasteiger partial charge is 0.0465 e. The SMILES string of the molecule is N[C@@H]1C[C@@]12C[C@H]2CO. The summed E-state index contributed by atoms with van der Waals surface area (Å²) in [5.41, 5.74) is 6.07. The van der Waals surface area contributed by atoms with Crippen molar-refractivity contribution in [3.05, 3.63) is 0 Å². The number of aliphatic hydroxyl groups is 1. The maximum Gasteiger partial charge on any atom is 0.0465 e. The molecule has 2 aliphatic rings. The second-order valence-corrected chi connectivity index (χ2v) is 3.13. The van der Waals surface area contributed by atoms with E-state index in [2.05, 4.69) is 0 Å². The fourth-order valence-electron chi connectivity index (χ4n) is 1.70. The highest BCUT2D eigenvalue weighted by atomic mass is 16.3. The quantitative estimate of drug-likeness (QED) is 0.491. The summed E-state index contributed by atoms with van der Waals surface area (Å²) >= 11 is 0. The fraction of sp³-hybridized carbons (Fsp3) is 1.00. The Bertz CT molecular complexity index is 126. The van der Waals surface area contributed by atoms with Crippen LogP contribution in [0.3, 0.4) is 0 Å². The molecule has 0 unspecified atom stereocenters. The van der Waals surface area contributed by atoms with Crippen molar-refractivity contribution in [2.75, 3.05) is 6.61 Å². The molecule has 3 N–H and O–H groups in total. The maximum absolute atomic E-state index is 8.64. The van der Waals surface area contributed by atoms with Gasteiger partial charge in [-0.3, -0.25) is 0 Å². The fourth-order valence-corrected chi connectivity index (χ4v) is 1.70. The van der Waals surface area contributed by atoms with Gasteiger partial charge in [0.05, 0.1) is 0 Å². The van der Waals surface area contributed by atoms with Crippen LogP contribution in [0, 0.1) is 11.3 Å². The van der Waals surface area contributed by atoms with Gasteiger partial charge in [0, 0.05) is 12.6 Å². The molecule has 2 aliphatic carbocycles. The van der Waals surface area contributed by atoms with E-state index in [1.165, 1.54) is 6.42 Å². The minimum atomic E-state index is 0.355. The second-order valence-electron chi connectivity index (χ2n) is 3.13. The van der Waals surface area contributed by atoms with Gasteiger partial charge in [-0.25, -0.2) is 0 Å². The lowest BCUT2D eigenvalue weighted by molar-refractivity contribution is 0.266.